The van der Waals surface area contributed by atoms with Crippen LogP contribution in [0.15, 0.2) is 97.1 Å². The number of hydrogen-bond acceptors (Lipinski definition) is 4. The molecule has 0 bridgehead atoms. The maximum Gasteiger partial charge on any atom is 0.193 e. The van der Waals surface area contributed by atoms with E-state index in [0.29, 0.717) is 33.8 Å². The largest absolute Gasteiger partial charge is 0.488 e. The molecule has 0 radical (unpaired) electrons. The third-order valence-corrected chi connectivity index (χ3v) is 7.64. The maximum absolute atomic E-state index is 13.0. The van der Waals surface area contributed by atoms with Gasteiger partial charge in [-0.05, 0) is 110 Å². The van der Waals surface area contributed by atoms with Gasteiger partial charge in [-0.15, -0.1) is 0 Å². The van der Waals surface area contributed by atoms with E-state index < -0.39 is 0 Å². The first-order valence-corrected chi connectivity index (χ1v) is 13.9. The molecule has 0 amide bonds. The molecule has 0 saturated carbocycles. The van der Waals surface area contributed by atoms with Gasteiger partial charge in [-0.3, -0.25) is 9.59 Å². The van der Waals surface area contributed by atoms with Crippen LogP contribution in [0.2, 0.25) is 0 Å². The fourth-order valence-electron chi connectivity index (χ4n) is 4.16. The Balaban J connectivity index is 1.37. The van der Waals surface area contributed by atoms with Crippen molar-refractivity contribution in [2.75, 3.05) is 0 Å². The summed E-state index contributed by atoms with van der Waals surface area (Å²) in [5.74, 6) is 1.87. The van der Waals surface area contributed by atoms with Crippen LogP contribution in [0.4, 0.5) is 0 Å². The first-order chi connectivity index (χ1) is 19.0. The summed E-state index contributed by atoms with van der Waals surface area (Å²) >= 11 is 0. The van der Waals surface area contributed by atoms with Crippen molar-refractivity contribution < 1.29 is 19.1 Å². The Morgan fingerprint density at radius 2 is 0.875 bits per heavy atom. The highest BCUT2D eigenvalue weighted by molar-refractivity contribution is 6.09. The van der Waals surface area contributed by atoms with Gasteiger partial charge in [-0.1, -0.05) is 52.0 Å². The molecule has 4 rings (SSSR count). The summed E-state index contributed by atoms with van der Waals surface area (Å²) in [5, 5.41) is 0. The molecule has 0 fully saturated rings. The van der Waals surface area contributed by atoms with Gasteiger partial charge in [-0.2, -0.15) is 0 Å². The summed E-state index contributed by atoms with van der Waals surface area (Å²) in [6.07, 6.45) is 1.92. The Morgan fingerprint density at radius 1 is 0.525 bits per heavy atom. The fourth-order valence-corrected chi connectivity index (χ4v) is 4.16. The van der Waals surface area contributed by atoms with Crippen LogP contribution in [0.1, 0.15) is 91.8 Å². The van der Waals surface area contributed by atoms with Crippen LogP contribution >= 0.6 is 0 Å². The van der Waals surface area contributed by atoms with Crippen molar-refractivity contribution in [3.05, 3.63) is 125 Å². The van der Waals surface area contributed by atoms with E-state index in [1.54, 1.807) is 60.7 Å². The van der Waals surface area contributed by atoms with Gasteiger partial charge in [0.15, 0.2) is 11.6 Å². The zero-order chi connectivity index (χ0) is 28.9. The molecular formula is C36H38O4. The van der Waals surface area contributed by atoms with Crippen LogP contribution in [0.3, 0.4) is 0 Å². The molecule has 0 aliphatic rings. The van der Waals surface area contributed by atoms with E-state index in [1.165, 1.54) is 5.56 Å². The van der Waals surface area contributed by atoms with E-state index in [0.717, 1.165) is 18.6 Å². The molecule has 0 N–H and O–H groups in total. The highest BCUT2D eigenvalue weighted by atomic mass is 16.5. The maximum atomic E-state index is 13.0. The molecule has 4 aromatic rings. The third kappa shape index (κ3) is 6.87. The second kappa shape index (κ2) is 11.9. The predicted octanol–water partition coefficient (Wildman–Crippen LogP) is 9.20. The SMILES string of the molecule is CCC(C)(C)Oc1ccc(C(=O)c2ccc(Oc3ccc(C(=O)c4ccc(C(C)(C)CC)cc4)cc3)cc2)cc1. The lowest BCUT2D eigenvalue weighted by atomic mass is 9.82. The molecule has 0 spiro atoms. The molecule has 0 saturated heterocycles. The van der Waals surface area contributed by atoms with E-state index in [1.807, 2.05) is 50.2 Å². The van der Waals surface area contributed by atoms with Crippen LogP contribution < -0.4 is 9.47 Å². The minimum atomic E-state index is -0.255. The van der Waals surface area contributed by atoms with Crippen LogP contribution in [0, 0.1) is 0 Å². The summed E-state index contributed by atoms with van der Waals surface area (Å²) < 4.78 is 11.9. The number of benzene rings is 4. The smallest absolute Gasteiger partial charge is 0.193 e. The second-order valence-electron chi connectivity index (χ2n) is 11.4. The molecule has 0 aliphatic heterocycles. The first-order valence-electron chi connectivity index (χ1n) is 13.9. The van der Waals surface area contributed by atoms with Crippen molar-refractivity contribution in [3.63, 3.8) is 0 Å². The zero-order valence-corrected chi connectivity index (χ0v) is 24.3. The van der Waals surface area contributed by atoms with Gasteiger partial charge in [0.2, 0.25) is 0 Å². The minimum Gasteiger partial charge on any atom is -0.488 e. The molecular weight excluding hydrogens is 496 g/mol. The zero-order valence-electron chi connectivity index (χ0n) is 24.3. The molecule has 4 heteroatoms. The number of carbonyl (C=O) groups is 2. The predicted molar refractivity (Wildman–Crippen MR) is 161 cm³/mol. The molecule has 40 heavy (non-hydrogen) atoms. The lowest BCUT2D eigenvalue weighted by molar-refractivity contribution is 0.102. The van der Waals surface area contributed by atoms with E-state index in [9.17, 15) is 9.59 Å². The highest BCUT2D eigenvalue weighted by Gasteiger charge is 2.19. The van der Waals surface area contributed by atoms with E-state index in [2.05, 4.69) is 27.7 Å². The molecule has 4 nitrogen and oxygen atoms in total. The molecule has 0 heterocycles. The van der Waals surface area contributed by atoms with Crippen LogP contribution in [0.5, 0.6) is 17.2 Å². The molecule has 0 atom stereocenters. The highest BCUT2D eigenvalue weighted by Crippen LogP contribution is 2.28. The van der Waals surface area contributed by atoms with Crippen molar-refractivity contribution in [2.45, 2.75) is 65.4 Å². The van der Waals surface area contributed by atoms with Gasteiger partial charge in [0.05, 0.1) is 0 Å². The normalized spacial score (nSPS) is 11.7. The van der Waals surface area contributed by atoms with Gasteiger partial charge in [0.25, 0.3) is 0 Å². The summed E-state index contributed by atoms with van der Waals surface area (Å²) in [7, 11) is 0. The van der Waals surface area contributed by atoms with Crippen molar-refractivity contribution in [2.24, 2.45) is 0 Å². The topological polar surface area (TPSA) is 52.6 Å². The third-order valence-electron chi connectivity index (χ3n) is 7.64. The monoisotopic (exact) mass is 534 g/mol. The van der Waals surface area contributed by atoms with E-state index in [-0.39, 0.29) is 22.6 Å². The number of rotatable bonds is 11. The Hall–Kier alpha value is -4.18. The van der Waals surface area contributed by atoms with Gasteiger partial charge < -0.3 is 9.47 Å². The average molecular weight is 535 g/mol. The summed E-state index contributed by atoms with van der Waals surface area (Å²) in [5.41, 5.74) is 3.49. The first kappa shape index (κ1) is 28.8. The van der Waals surface area contributed by atoms with Crippen LogP contribution in [-0.2, 0) is 5.41 Å². The fraction of sp³-hybridized carbons (Fsp3) is 0.278. The number of hydrogen-bond donors (Lipinski definition) is 0. The van der Waals surface area contributed by atoms with E-state index in [4.69, 9.17) is 9.47 Å². The molecule has 0 aliphatic carbocycles. The molecule has 4 aromatic carbocycles. The summed E-state index contributed by atoms with van der Waals surface area (Å²) in [6.45, 7) is 12.7. The minimum absolute atomic E-state index is 0.0241. The molecule has 206 valence electrons. The summed E-state index contributed by atoms with van der Waals surface area (Å²) in [6, 6.07) is 29.3. The molecule has 0 aromatic heterocycles. The van der Waals surface area contributed by atoms with Crippen molar-refractivity contribution in [1.29, 1.82) is 0 Å². The second-order valence-corrected chi connectivity index (χ2v) is 11.4. The Bertz CT molecular complexity index is 1440. The lowest BCUT2D eigenvalue weighted by Gasteiger charge is -2.24. The summed E-state index contributed by atoms with van der Waals surface area (Å²) in [4.78, 5) is 25.9. The number of carbonyl (C=O) groups excluding carboxylic acids is 2. The number of ketones is 2. The lowest BCUT2D eigenvalue weighted by Crippen LogP contribution is -2.26. The Labute approximate surface area is 238 Å². The van der Waals surface area contributed by atoms with Crippen molar-refractivity contribution in [1.82, 2.24) is 0 Å². The van der Waals surface area contributed by atoms with Crippen molar-refractivity contribution in [3.8, 4) is 17.2 Å². The Morgan fingerprint density at radius 3 is 1.23 bits per heavy atom. The standard InChI is InChI=1S/C36H38O4/c1-7-35(3,4)29-17-9-25(10-18-29)33(37)26-11-19-30(20-12-26)39-31-21-13-27(14-22-31)34(38)28-15-23-32(24-16-28)40-36(5,6)8-2/h9-24H,7-8H2,1-6H3. The van der Waals surface area contributed by atoms with Crippen LogP contribution in [0.25, 0.3) is 0 Å². The van der Waals surface area contributed by atoms with Crippen molar-refractivity contribution >= 4 is 11.6 Å². The quantitative estimate of drug-likeness (QED) is 0.180. The van der Waals surface area contributed by atoms with Gasteiger partial charge in [0, 0.05) is 22.3 Å². The molecule has 0 unspecified atom stereocenters. The van der Waals surface area contributed by atoms with Gasteiger partial charge in [-0.25, -0.2) is 0 Å². The van der Waals surface area contributed by atoms with Gasteiger partial charge >= 0.3 is 0 Å². The Kier molecular flexibility index (Phi) is 8.58. The van der Waals surface area contributed by atoms with E-state index >= 15 is 0 Å². The van der Waals surface area contributed by atoms with Crippen LogP contribution in [-0.4, -0.2) is 17.2 Å². The van der Waals surface area contributed by atoms with Gasteiger partial charge in [0.1, 0.15) is 22.8 Å². The average Bonchev–Trinajstić information content (AvgIpc) is 2.97. The number of ether oxygens (including phenoxy) is 2.